The van der Waals surface area contributed by atoms with Gasteiger partial charge in [0.2, 0.25) is 0 Å². The van der Waals surface area contributed by atoms with Crippen molar-refractivity contribution < 1.29 is 0 Å². The fraction of sp³-hybridized carbons (Fsp3) is 0.143. The average molecular weight is 317 g/mol. The molecule has 1 rings (SSSR count). The first-order chi connectivity index (χ1) is 7.00. The topological polar surface area (TPSA) is 0 Å². The summed E-state index contributed by atoms with van der Waals surface area (Å²) >= 11 is 0. The van der Waals surface area contributed by atoms with Gasteiger partial charge in [-0.3, -0.25) is 0 Å². The predicted octanol–water partition coefficient (Wildman–Crippen LogP) is 6.25. The van der Waals surface area contributed by atoms with Crippen molar-refractivity contribution in [3.05, 3.63) is 35.8 Å². The van der Waals surface area contributed by atoms with Crippen LogP contribution >= 0.6 is 70.7 Å². The van der Waals surface area contributed by atoms with Crippen molar-refractivity contribution in [3.63, 3.8) is 0 Å². The van der Waals surface area contributed by atoms with Gasteiger partial charge in [0.25, 0.3) is 0 Å². The molecule has 0 N–H and O–H groups in total. The predicted molar refractivity (Wildman–Crippen MR) is 85.4 cm³/mol. The van der Waals surface area contributed by atoms with Gasteiger partial charge in [-0.2, -0.15) is 0 Å². The van der Waals surface area contributed by atoms with E-state index < -0.39 is 0 Å². The van der Waals surface area contributed by atoms with Gasteiger partial charge in [-0.05, 0) is 54.5 Å². The van der Waals surface area contributed by atoms with E-state index in [1.165, 1.54) is 0 Å². The fourth-order valence-corrected chi connectivity index (χ4v) is 13.7. The van der Waals surface area contributed by atoms with E-state index in [-0.39, 0.29) is 0 Å². The average Bonchev–Trinajstić information content (AvgIpc) is 2.22. The summed E-state index contributed by atoms with van der Waals surface area (Å²) in [6.07, 6.45) is 10.4. The number of hydrogen-bond donors (Lipinski definition) is 0. The Morgan fingerprint density at radius 1 is 0.714 bits per heavy atom. The summed E-state index contributed by atoms with van der Waals surface area (Å²) in [7, 11) is 12.7. The molecule has 0 saturated heterocycles. The minimum Gasteiger partial charge on any atom is -0.0775 e. The molecule has 1 aliphatic rings. The maximum absolute atomic E-state index is 2.17. The van der Waals surface area contributed by atoms with Crippen LogP contribution in [0.3, 0.4) is 0 Å². The van der Waals surface area contributed by atoms with Crippen LogP contribution in [0.5, 0.6) is 0 Å². The van der Waals surface area contributed by atoms with Crippen molar-refractivity contribution in [3.8, 4) is 0 Å². The second-order valence-corrected chi connectivity index (χ2v) is 13.0. The number of rotatable bonds is 0. The SMILES string of the molecule is C1=CC=CSSSSSSSCC=C1. The van der Waals surface area contributed by atoms with E-state index in [0.29, 0.717) is 0 Å². The Bertz CT molecular complexity index is 188. The third-order valence-corrected chi connectivity index (χ3v) is 13.5. The summed E-state index contributed by atoms with van der Waals surface area (Å²) in [5, 5.41) is 2.10. The van der Waals surface area contributed by atoms with E-state index in [9.17, 15) is 0 Å². The highest BCUT2D eigenvalue weighted by Gasteiger charge is 1.93. The van der Waals surface area contributed by atoms with E-state index in [0.717, 1.165) is 5.75 Å². The molecule has 0 saturated carbocycles. The summed E-state index contributed by atoms with van der Waals surface area (Å²) in [5.41, 5.74) is 0. The molecule has 0 aromatic heterocycles. The molecule has 0 unspecified atom stereocenters. The molecule has 7 heteroatoms. The Labute approximate surface area is 111 Å². The Hall–Kier alpha value is 1.67. The summed E-state index contributed by atoms with van der Waals surface area (Å²) in [4.78, 5) is 0. The lowest BCUT2D eigenvalue weighted by atomic mass is 10.4. The molecule has 0 radical (unpaired) electrons. The molecule has 1 heterocycles. The van der Waals surface area contributed by atoms with Crippen molar-refractivity contribution >= 4 is 70.7 Å². The largest absolute Gasteiger partial charge is 0.0775 e. The van der Waals surface area contributed by atoms with E-state index in [4.69, 9.17) is 0 Å². The maximum Gasteiger partial charge on any atom is 0.0229 e. The van der Waals surface area contributed by atoms with Gasteiger partial charge in [0.05, 0.1) is 0 Å². The Morgan fingerprint density at radius 3 is 2.50 bits per heavy atom. The van der Waals surface area contributed by atoms with Crippen LogP contribution < -0.4 is 0 Å². The lowest BCUT2D eigenvalue weighted by Crippen LogP contribution is -1.61. The fourth-order valence-electron chi connectivity index (χ4n) is 0.499. The van der Waals surface area contributed by atoms with Gasteiger partial charge < -0.3 is 0 Å². The van der Waals surface area contributed by atoms with Crippen LogP contribution in [0, 0.1) is 0 Å². The highest BCUT2D eigenvalue weighted by atomic mass is 33.9. The molecule has 0 aromatic rings. The van der Waals surface area contributed by atoms with E-state index in [1.54, 1.807) is 20.6 Å². The van der Waals surface area contributed by atoms with Gasteiger partial charge in [0.15, 0.2) is 0 Å². The van der Waals surface area contributed by atoms with Crippen LogP contribution in [-0.4, -0.2) is 5.75 Å². The van der Waals surface area contributed by atoms with Crippen LogP contribution in [0.15, 0.2) is 35.8 Å². The Balaban J connectivity index is 2.27. The first kappa shape index (κ1) is 13.7. The van der Waals surface area contributed by atoms with Gasteiger partial charge in [0, 0.05) is 5.75 Å². The van der Waals surface area contributed by atoms with Crippen molar-refractivity contribution in [1.82, 2.24) is 0 Å². The smallest absolute Gasteiger partial charge is 0.0229 e. The molecule has 0 aliphatic carbocycles. The zero-order chi connectivity index (χ0) is 9.90. The second-order valence-electron chi connectivity index (χ2n) is 1.86. The van der Waals surface area contributed by atoms with Gasteiger partial charge in [-0.1, -0.05) is 52.0 Å². The molecule has 0 nitrogen and oxygen atoms in total. The number of hydrogen-bond acceptors (Lipinski definition) is 7. The minimum absolute atomic E-state index is 1.07. The quantitative estimate of drug-likeness (QED) is 0.478. The first-order valence-electron chi connectivity index (χ1n) is 3.60. The second kappa shape index (κ2) is 11.2. The van der Waals surface area contributed by atoms with E-state index >= 15 is 0 Å². The zero-order valence-corrected chi connectivity index (χ0v) is 12.7. The van der Waals surface area contributed by atoms with Crippen LogP contribution in [0.1, 0.15) is 0 Å². The van der Waals surface area contributed by atoms with Crippen molar-refractivity contribution in [2.24, 2.45) is 0 Å². The van der Waals surface area contributed by atoms with Crippen molar-refractivity contribution in [2.75, 3.05) is 5.75 Å². The molecule has 0 bridgehead atoms. The van der Waals surface area contributed by atoms with E-state index in [1.807, 2.05) is 50.1 Å². The lowest BCUT2D eigenvalue weighted by Gasteiger charge is -1.95. The Morgan fingerprint density at radius 2 is 1.50 bits per heavy atom. The zero-order valence-electron chi connectivity index (χ0n) is 7.03. The van der Waals surface area contributed by atoms with Crippen LogP contribution in [0.2, 0.25) is 0 Å². The third kappa shape index (κ3) is 8.94. The highest BCUT2D eigenvalue weighted by Crippen LogP contribution is 2.55. The van der Waals surface area contributed by atoms with Crippen LogP contribution in [0.4, 0.5) is 0 Å². The molecule has 0 spiro atoms. The Kier molecular flexibility index (Phi) is 11.0. The molecular formula is C7H8S7. The van der Waals surface area contributed by atoms with E-state index in [2.05, 4.69) is 35.8 Å². The van der Waals surface area contributed by atoms with Crippen LogP contribution in [-0.2, 0) is 0 Å². The lowest BCUT2D eigenvalue weighted by molar-refractivity contribution is 1.76. The van der Waals surface area contributed by atoms with Crippen LogP contribution in [0.25, 0.3) is 0 Å². The summed E-state index contributed by atoms with van der Waals surface area (Å²) in [6.45, 7) is 0. The highest BCUT2D eigenvalue weighted by molar-refractivity contribution is 9.46. The van der Waals surface area contributed by atoms with Gasteiger partial charge >= 0.3 is 0 Å². The summed E-state index contributed by atoms with van der Waals surface area (Å²) in [6, 6.07) is 0. The number of allylic oxidation sites excluding steroid dienone is 4. The molecule has 0 amide bonds. The molecule has 0 fully saturated rings. The monoisotopic (exact) mass is 316 g/mol. The van der Waals surface area contributed by atoms with Gasteiger partial charge in [-0.25, -0.2) is 0 Å². The molecule has 0 aromatic carbocycles. The normalized spacial score (nSPS) is 20.6. The molecule has 14 heavy (non-hydrogen) atoms. The van der Waals surface area contributed by atoms with Gasteiger partial charge in [0.1, 0.15) is 0 Å². The molecule has 78 valence electrons. The first-order valence-corrected chi connectivity index (χ1v) is 12.6. The summed E-state index contributed by atoms with van der Waals surface area (Å²) < 4.78 is 0. The molecule has 0 atom stereocenters. The summed E-state index contributed by atoms with van der Waals surface area (Å²) in [5.74, 6) is 1.07. The third-order valence-electron chi connectivity index (χ3n) is 0.966. The van der Waals surface area contributed by atoms with Crippen molar-refractivity contribution in [1.29, 1.82) is 0 Å². The minimum atomic E-state index is 1.07. The standard InChI is InChI=1S/C7H8S7/c1-2-4-6-8-10-12-14-13-11-9-7-5-3-1/h1-6H,7H2. The van der Waals surface area contributed by atoms with Crippen molar-refractivity contribution in [2.45, 2.75) is 0 Å². The molecule has 1 aliphatic heterocycles. The van der Waals surface area contributed by atoms with Gasteiger partial charge in [-0.15, -0.1) is 0 Å². The maximum atomic E-state index is 2.17. The molecular weight excluding hydrogens is 309 g/mol.